The van der Waals surface area contributed by atoms with E-state index in [-0.39, 0.29) is 18.0 Å². The molecule has 0 radical (unpaired) electrons. The number of nitrogens with one attached hydrogen (secondary N) is 1. The molecule has 4 heterocycles. The summed E-state index contributed by atoms with van der Waals surface area (Å²) in [6.07, 6.45) is 8.63. The fourth-order valence-electron chi connectivity index (χ4n) is 3.05. The van der Waals surface area contributed by atoms with Crippen LogP contribution in [-0.2, 0) is 0 Å². The lowest BCUT2D eigenvalue weighted by molar-refractivity contribution is 0.0938. The van der Waals surface area contributed by atoms with E-state index in [2.05, 4.69) is 35.3 Å². The average Bonchev–Trinajstić information content (AvgIpc) is 3.30. The van der Waals surface area contributed by atoms with Crippen LogP contribution in [0.3, 0.4) is 0 Å². The monoisotopic (exact) mass is 351 g/mol. The van der Waals surface area contributed by atoms with Crippen LogP contribution in [0.4, 0.5) is 0 Å². The Morgan fingerprint density at radius 1 is 1.27 bits per heavy atom. The number of likely N-dealkylation sites (tertiary alicyclic amines) is 1. The van der Waals surface area contributed by atoms with Gasteiger partial charge in [-0.15, -0.1) is 0 Å². The molecule has 26 heavy (non-hydrogen) atoms. The van der Waals surface area contributed by atoms with E-state index in [9.17, 15) is 4.79 Å². The summed E-state index contributed by atoms with van der Waals surface area (Å²) in [6.45, 7) is 0.694. The highest BCUT2D eigenvalue weighted by molar-refractivity contribution is 5.94. The summed E-state index contributed by atoms with van der Waals surface area (Å²) < 4.78 is 5.42. The molecule has 2 atom stereocenters. The number of hydrogen-bond donors (Lipinski definition) is 1. The van der Waals surface area contributed by atoms with Gasteiger partial charge in [-0.05, 0) is 25.6 Å². The minimum Gasteiger partial charge on any atom is -0.348 e. The Bertz CT molecular complexity index is 884. The van der Waals surface area contributed by atoms with Crippen molar-refractivity contribution in [1.82, 2.24) is 35.3 Å². The van der Waals surface area contributed by atoms with E-state index in [1.807, 2.05) is 7.05 Å². The molecule has 2 unspecified atom stereocenters. The first kappa shape index (κ1) is 16.3. The van der Waals surface area contributed by atoms with Gasteiger partial charge in [-0.25, -0.2) is 4.98 Å². The number of carbonyl (C=O) groups excluding carboxylic acids is 1. The molecule has 0 aliphatic carbocycles. The molecule has 0 saturated carbocycles. The first-order valence-corrected chi connectivity index (χ1v) is 8.22. The van der Waals surface area contributed by atoms with Crippen molar-refractivity contribution in [2.45, 2.75) is 18.5 Å². The molecule has 3 aromatic heterocycles. The SMILES string of the molecule is CN1CC(NC(=O)c2cccnc2)CC1c1nc(-c2cnccn2)no1. The van der Waals surface area contributed by atoms with Crippen LogP contribution >= 0.6 is 0 Å². The lowest BCUT2D eigenvalue weighted by Gasteiger charge is -2.14. The van der Waals surface area contributed by atoms with Crippen LogP contribution in [0, 0.1) is 0 Å². The number of hydrogen-bond acceptors (Lipinski definition) is 8. The van der Waals surface area contributed by atoms with Gasteiger partial charge in [0.25, 0.3) is 5.91 Å². The summed E-state index contributed by atoms with van der Waals surface area (Å²) in [7, 11) is 1.97. The molecule has 1 saturated heterocycles. The molecule has 4 rings (SSSR count). The van der Waals surface area contributed by atoms with Crippen LogP contribution < -0.4 is 5.32 Å². The minimum atomic E-state index is -0.136. The van der Waals surface area contributed by atoms with E-state index in [1.54, 1.807) is 43.1 Å². The van der Waals surface area contributed by atoms with Crippen molar-refractivity contribution in [1.29, 1.82) is 0 Å². The van der Waals surface area contributed by atoms with Gasteiger partial charge in [-0.3, -0.25) is 19.7 Å². The zero-order valence-corrected chi connectivity index (χ0v) is 14.1. The van der Waals surface area contributed by atoms with E-state index in [0.717, 1.165) is 0 Å². The number of rotatable bonds is 4. The van der Waals surface area contributed by atoms with Crippen LogP contribution in [0.15, 0.2) is 47.6 Å². The third-order valence-electron chi connectivity index (χ3n) is 4.33. The standard InChI is InChI=1S/C17H17N7O2/c1-24-10-12(21-16(25)11-3-2-4-18-8-11)7-14(24)17-22-15(23-26-17)13-9-19-5-6-20-13/h2-6,8-9,12,14H,7,10H2,1H3,(H,21,25). The molecule has 1 amide bonds. The minimum absolute atomic E-state index is 0.00965. The molecule has 1 aliphatic heterocycles. The second kappa shape index (κ2) is 6.96. The van der Waals surface area contributed by atoms with Gasteiger partial charge in [0.15, 0.2) is 0 Å². The average molecular weight is 351 g/mol. The largest absolute Gasteiger partial charge is 0.348 e. The Balaban J connectivity index is 1.44. The Hall–Kier alpha value is -3.20. The smallest absolute Gasteiger partial charge is 0.253 e. The molecule has 3 aromatic rings. The van der Waals surface area contributed by atoms with E-state index in [1.165, 1.54) is 0 Å². The van der Waals surface area contributed by atoms with Gasteiger partial charge in [-0.1, -0.05) is 5.16 Å². The molecule has 0 aromatic carbocycles. The third kappa shape index (κ3) is 3.29. The van der Waals surface area contributed by atoms with Crippen molar-refractivity contribution in [3.05, 3.63) is 54.6 Å². The molecule has 132 valence electrons. The van der Waals surface area contributed by atoms with Crippen LogP contribution in [0.2, 0.25) is 0 Å². The summed E-state index contributed by atoms with van der Waals surface area (Å²) >= 11 is 0. The first-order valence-electron chi connectivity index (χ1n) is 8.22. The Labute approximate surface area is 149 Å². The maximum Gasteiger partial charge on any atom is 0.253 e. The number of carbonyl (C=O) groups is 1. The van der Waals surface area contributed by atoms with Gasteiger partial charge >= 0.3 is 0 Å². The molecule has 1 aliphatic rings. The van der Waals surface area contributed by atoms with Crippen molar-refractivity contribution >= 4 is 5.91 Å². The number of likely N-dealkylation sites (N-methyl/N-ethyl adjacent to an activating group) is 1. The molecule has 1 N–H and O–H groups in total. The van der Waals surface area contributed by atoms with Crippen LogP contribution in [0.1, 0.15) is 28.7 Å². The molecule has 9 heteroatoms. The number of aromatic nitrogens is 5. The van der Waals surface area contributed by atoms with E-state index in [4.69, 9.17) is 4.52 Å². The van der Waals surface area contributed by atoms with Crippen LogP contribution in [0.25, 0.3) is 11.5 Å². The zero-order chi connectivity index (χ0) is 17.9. The highest BCUT2D eigenvalue weighted by Gasteiger charge is 2.35. The van der Waals surface area contributed by atoms with E-state index in [0.29, 0.717) is 35.9 Å². The second-order valence-corrected chi connectivity index (χ2v) is 6.15. The summed E-state index contributed by atoms with van der Waals surface area (Å²) in [5, 5.41) is 7.02. The summed E-state index contributed by atoms with van der Waals surface area (Å²) in [5.41, 5.74) is 1.10. The van der Waals surface area contributed by atoms with Crippen molar-refractivity contribution in [2.24, 2.45) is 0 Å². The van der Waals surface area contributed by atoms with Gasteiger partial charge in [0.05, 0.1) is 17.8 Å². The highest BCUT2D eigenvalue weighted by Crippen LogP contribution is 2.30. The fraction of sp³-hybridized carbons (Fsp3) is 0.294. The molecular formula is C17H17N7O2. The fourth-order valence-corrected chi connectivity index (χ4v) is 3.05. The molecule has 0 spiro atoms. The Kier molecular flexibility index (Phi) is 4.36. The molecule has 0 bridgehead atoms. The van der Waals surface area contributed by atoms with Gasteiger partial charge in [-0.2, -0.15) is 4.98 Å². The number of pyridine rings is 1. The maximum atomic E-state index is 12.3. The quantitative estimate of drug-likeness (QED) is 0.744. The van der Waals surface area contributed by atoms with Gasteiger partial charge < -0.3 is 9.84 Å². The first-order chi connectivity index (χ1) is 12.7. The number of amides is 1. The van der Waals surface area contributed by atoms with Gasteiger partial charge in [0.2, 0.25) is 11.7 Å². The van der Waals surface area contributed by atoms with Crippen molar-refractivity contribution < 1.29 is 9.32 Å². The third-order valence-corrected chi connectivity index (χ3v) is 4.33. The molecule has 9 nitrogen and oxygen atoms in total. The van der Waals surface area contributed by atoms with Gasteiger partial charge in [0.1, 0.15) is 5.69 Å². The topological polar surface area (TPSA) is 110 Å². The highest BCUT2D eigenvalue weighted by atomic mass is 16.5. The van der Waals surface area contributed by atoms with Gasteiger partial charge in [0, 0.05) is 37.4 Å². The van der Waals surface area contributed by atoms with E-state index >= 15 is 0 Å². The normalized spacial score (nSPS) is 20.2. The van der Waals surface area contributed by atoms with Crippen LogP contribution in [-0.4, -0.2) is 55.5 Å². The van der Waals surface area contributed by atoms with Crippen molar-refractivity contribution in [3.8, 4) is 11.5 Å². The summed E-state index contributed by atoms with van der Waals surface area (Å²) in [6, 6.07) is 3.41. The lowest BCUT2D eigenvalue weighted by atomic mass is 10.1. The summed E-state index contributed by atoms with van der Waals surface area (Å²) in [5.74, 6) is 0.776. The predicted octanol–water partition coefficient (Wildman–Crippen LogP) is 1.10. The van der Waals surface area contributed by atoms with E-state index < -0.39 is 0 Å². The van der Waals surface area contributed by atoms with Crippen molar-refractivity contribution in [3.63, 3.8) is 0 Å². The predicted molar refractivity (Wildman–Crippen MR) is 90.8 cm³/mol. The Morgan fingerprint density at radius 3 is 2.92 bits per heavy atom. The molecular weight excluding hydrogens is 334 g/mol. The number of nitrogens with zero attached hydrogens (tertiary/aromatic N) is 6. The van der Waals surface area contributed by atoms with Crippen LogP contribution in [0.5, 0.6) is 0 Å². The second-order valence-electron chi connectivity index (χ2n) is 6.15. The molecule has 1 fully saturated rings. The zero-order valence-electron chi connectivity index (χ0n) is 14.1. The Morgan fingerprint density at radius 2 is 2.15 bits per heavy atom. The summed E-state index contributed by atoms with van der Waals surface area (Å²) in [4.78, 5) is 31.0. The lowest BCUT2D eigenvalue weighted by Crippen LogP contribution is -2.36. The maximum absolute atomic E-state index is 12.3. The van der Waals surface area contributed by atoms with Crippen molar-refractivity contribution in [2.75, 3.05) is 13.6 Å².